The van der Waals surface area contributed by atoms with Gasteiger partial charge >= 0.3 is 6.09 Å². The first-order valence-corrected chi connectivity index (χ1v) is 11.5. The van der Waals surface area contributed by atoms with Gasteiger partial charge in [0.1, 0.15) is 16.6 Å². The van der Waals surface area contributed by atoms with Crippen LogP contribution in [0.1, 0.15) is 61.8 Å². The quantitative estimate of drug-likeness (QED) is 0.627. The van der Waals surface area contributed by atoms with Crippen LogP contribution in [-0.2, 0) is 5.67 Å². The minimum absolute atomic E-state index is 0.103. The maximum Gasteiger partial charge on any atom is 0.415 e. The number of benzene rings is 1. The highest BCUT2D eigenvalue weighted by Crippen LogP contribution is 2.40. The Bertz CT molecular complexity index is 1160. The van der Waals surface area contributed by atoms with E-state index in [1.54, 1.807) is 29.2 Å². The maximum absolute atomic E-state index is 15.4. The first kappa shape index (κ1) is 20.1. The van der Waals surface area contributed by atoms with Crippen LogP contribution in [0.25, 0.3) is 10.3 Å². The molecule has 3 aromatic rings. The second kappa shape index (κ2) is 8.03. The number of halogens is 1. The molecule has 2 aromatic heterocycles. The monoisotopic (exact) mass is 442 g/mol. The summed E-state index contributed by atoms with van der Waals surface area (Å²) in [6, 6.07) is 8.62. The lowest BCUT2D eigenvalue weighted by molar-refractivity contribution is 0.0954. The number of hydrogen-bond donors (Lipinski definition) is 1. The summed E-state index contributed by atoms with van der Waals surface area (Å²) in [5.74, 6) is 0.581. The van der Waals surface area contributed by atoms with Crippen molar-refractivity contribution in [1.82, 2.24) is 19.9 Å². The SMILES string of the molecule is O=C(Oc1ccccc1)N1CCC[C@@H]1c1nc2c(=O)[nH]c(C3(F)CCCCC3)nc2s1. The number of carbonyl (C=O) groups excluding carboxylic acids is 1. The minimum atomic E-state index is -1.59. The molecule has 1 aliphatic heterocycles. The Morgan fingerprint density at radius 3 is 2.71 bits per heavy atom. The van der Waals surface area contributed by atoms with Crippen LogP contribution in [0.3, 0.4) is 0 Å². The van der Waals surface area contributed by atoms with Crippen molar-refractivity contribution in [2.24, 2.45) is 0 Å². The average Bonchev–Trinajstić information content (AvgIpc) is 3.42. The van der Waals surface area contributed by atoms with E-state index in [9.17, 15) is 9.59 Å². The van der Waals surface area contributed by atoms with Gasteiger partial charge in [-0.15, -0.1) is 0 Å². The predicted octanol–water partition coefficient (Wildman–Crippen LogP) is 4.84. The lowest BCUT2D eigenvalue weighted by Gasteiger charge is -2.27. The fraction of sp³-hybridized carbons (Fsp3) is 0.455. The molecule has 1 atom stereocenters. The molecule has 0 spiro atoms. The first-order chi connectivity index (χ1) is 15.0. The highest BCUT2D eigenvalue weighted by atomic mass is 32.1. The fourth-order valence-corrected chi connectivity index (χ4v) is 5.53. The number of aromatic nitrogens is 3. The van der Waals surface area contributed by atoms with Crippen LogP contribution >= 0.6 is 11.3 Å². The van der Waals surface area contributed by atoms with Gasteiger partial charge in [0.05, 0.1) is 6.04 Å². The van der Waals surface area contributed by atoms with Crippen molar-refractivity contribution in [3.63, 3.8) is 0 Å². The number of amides is 1. The molecule has 5 rings (SSSR count). The number of aromatic amines is 1. The van der Waals surface area contributed by atoms with Gasteiger partial charge in [0.15, 0.2) is 16.0 Å². The molecule has 0 unspecified atom stereocenters. The summed E-state index contributed by atoms with van der Waals surface area (Å²) in [5.41, 5.74) is -1.82. The molecule has 3 heterocycles. The third kappa shape index (κ3) is 3.82. The van der Waals surface area contributed by atoms with Crippen molar-refractivity contribution in [2.45, 2.75) is 56.7 Å². The van der Waals surface area contributed by atoms with Gasteiger partial charge < -0.3 is 9.72 Å². The van der Waals surface area contributed by atoms with Crippen LogP contribution in [0, 0.1) is 0 Å². The highest BCUT2D eigenvalue weighted by Gasteiger charge is 2.38. The second-order valence-corrected chi connectivity index (χ2v) is 9.19. The minimum Gasteiger partial charge on any atom is -0.410 e. The zero-order chi connectivity index (χ0) is 21.4. The Hall–Kier alpha value is -2.81. The third-order valence-corrected chi connectivity index (χ3v) is 7.13. The Morgan fingerprint density at radius 1 is 1.16 bits per heavy atom. The molecule has 2 aliphatic rings. The van der Waals surface area contributed by atoms with Crippen LogP contribution < -0.4 is 10.3 Å². The molecular weight excluding hydrogens is 419 g/mol. The average molecular weight is 443 g/mol. The van der Waals surface area contributed by atoms with E-state index in [0.717, 1.165) is 32.1 Å². The van der Waals surface area contributed by atoms with Gasteiger partial charge in [-0.05, 0) is 50.7 Å². The number of H-pyrrole nitrogens is 1. The molecule has 1 aromatic carbocycles. The first-order valence-electron chi connectivity index (χ1n) is 10.7. The van der Waals surface area contributed by atoms with Crippen molar-refractivity contribution in [2.75, 3.05) is 6.54 Å². The van der Waals surface area contributed by atoms with E-state index in [2.05, 4.69) is 15.0 Å². The molecule has 162 valence electrons. The number of carbonyl (C=O) groups is 1. The highest BCUT2D eigenvalue weighted by molar-refractivity contribution is 7.18. The number of para-hydroxylation sites is 1. The van der Waals surface area contributed by atoms with Gasteiger partial charge in [0.25, 0.3) is 5.56 Å². The van der Waals surface area contributed by atoms with E-state index in [1.807, 2.05) is 6.07 Å². The zero-order valence-electron chi connectivity index (χ0n) is 17.0. The summed E-state index contributed by atoms with van der Waals surface area (Å²) >= 11 is 1.25. The molecule has 31 heavy (non-hydrogen) atoms. The molecule has 0 bridgehead atoms. The standard InChI is InChI=1S/C22H23FN4O3S/c23-22(11-5-2-6-12-22)20-25-17(28)16-19(26-20)31-18(24-16)15-10-7-13-27(15)21(29)30-14-8-3-1-4-9-14/h1,3-4,8-9,15H,2,5-7,10-13H2,(H,25,26,28)/t15-/m1/s1. The van der Waals surface area contributed by atoms with Gasteiger partial charge in [-0.1, -0.05) is 36.0 Å². The Labute approximate surface area is 182 Å². The number of thiazole rings is 1. The van der Waals surface area contributed by atoms with E-state index in [1.165, 1.54) is 11.3 Å². The van der Waals surface area contributed by atoms with Gasteiger partial charge in [-0.3, -0.25) is 9.69 Å². The molecule has 7 nitrogen and oxygen atoms in total. The van der Waals surface area contributed by atoms with Crippen LogP contribution in [-0.4, -0.2) is 32.5 Å². The van der Waals surface area contributed by atoms with Crippen molar-refractivity contribution in [3.05, 3.63) is 51.5 Å². The van der Waals surface area contributed by atoms with E-state index in [0.29, 0.717) is 35.0 Å². The number of nitrogens with one attached hydrogen (secondary N) is 1. The van der Waals surface area contributed by atoms with E-state index in [-0.39, 0.29) is 17.4 Å². The normalized spacial score (nSPS) is 20.8. The second-order valence-electron chi connectivity index (χ2n) is 8.18. The lowest BCUT2D eigenvalue weighted by Crippen LogP contribution is -2.33. The topological polar surface area (TPSA) is 88.2 Å². The number of likely N-dealkylation sites (tertiary alicyclic amines) is 1. The van der Waals surface area contributed by atoms with Crippen LogP contribution in [0.4, 0.5) is 9.18 Å². The van der Waals surface area contributed by atoms with E-state index >= 15 is 4.39 Å². The number of hydrogen-bond acceptors (Lipinski definition) is 6. The molecule has 1 saturated heterocycles. The van der Waals surface area contributed by atoms with Gasteiger partial charge in [0, 0.05) is 6.54 Å². The van der Waals surface area contributed by atoms with Gasteiger partial charge in [0.2, 0.25) is 0 Å². The summed E-state index contributed by atoms with van der Waals surface area (Å²) in [5, 5.41) is 0.629. The van der Waals surface area contributed by atoms with E-state index < -0.39 is 17.3 Å². The van der Waals surface area contributed by atoms with Gasteiger partial charge in [-0.2, -0.15) is 0 Å². The maximum atomic E-state index is 15.4. The summed E-state index contributed by atoms with van der Waals surface area (Å²) in [7, 11) is 0. The lowest BCUT2D eigenvalue weighted by atomic mass is 9.86. The van der Waals surface area contributed by atoms with E-state index in [4.69, 9.17) is 4.74 Å². The molecule has 1 saturated carbocycles. The van der Waals surface area contributed by atoms with Gasteiger partial charge in [-0.25, -0.2) is 19.2 Å². The van der Waals surface area contributed by atoms with Crippen LogP contribution in [0.15, 0.2) is 35.1 Å². The zero-order valence-corrected chi connectivity index (χ0v) is 17.8. The largest absolute Gasteiger partial charge is 0.415 e. The summed E-state index contributed by atoms with van der Waals surface area (Å²) in [6.45, 7) is 0.550. The number of rotatable bonds is 3. The molecular formula is C22H23FN4O3S. The summed E-state index contributed by atoms with van der Waals surface area (Å²) in [4.78, 5) is 39.0. The van der Waals surface area contributed by atoms with Crippen LogP contribution in [0.2, 0.25) is 0 Å². The van der Waals surface area contributed by atoms with Crippen molar-refractivity contribution >= 4 is 27.8 Å². The van der Waals surface area contributed by atoms with Crippen molar-refractivity contribution in [1.29, 1.82) is 0 Å². The molecule has 1 aliphatic carbocycles. The number of alkyl halides is 1. The Kier molecular flexibility index (Phi) is 5.21. The molecule has 9 heteroatoms. The van der Waals surface area contributed by atoms with Crippen molar-refractivity contribution in [3.8, 4) is 5.75 Å². The summed E-state index contributed by atoms with van der Waals surface area (Å²) < 4.78 is 20.9. The number of fused-ring (bicyclic) bond motifs is 1. The molecule has 0 radical (unpaired) electrons. The van der Waals surface area contributed by atoms with Crippen molar-refractivity contribution < 1.29 is 13.9 Å². The molecule has 2 fully saturated rings. The Morgan fingerprint density at radius 2 is 1.94 bits per heavy atom. The number of ether oxygens (including phenoxy) is 1. The Balaban J connectivity index is 1.43. The number of nitrogens with zero attached hydrogens (tertiary/aromatic N) is 3. The smallest absolute Gasteiger partial charge is 0.410 e. The predicted molar refractivity (Wildman–Crippen MR) is 115 cm³/mol. The third-order valence-electron chi connectivity index (χ3n) is 6.08. The summed E-state index contributed by atoms with van der Waals surface area (Å²) in [6.07, 6.45) is 4.40. The molecule has 1 N–H and O–H groups in total. The molecule has 1 amide bonds. The fourth-order valence-electron chi connectivity index (χ4n) is 4.44. The van der Waals surface area contributed by atoms with Crippen LogP contribution in [0.5, 0.6) is 5.75 Å².